The summed E-state index contributed by atoms with van der Waals surface area (Å²) in [4.78, 5) is 2.00. The second-order valence-electron chi connectivity index (χ2n) is 5.02. The standard InChI is InChI=1S/C17H21FN2O/c1-20(12-14-5-3-4-6-17(14)21-2)16-10-13(7-8-19)9-15(18)11-16/h3-6,9-11H,7-8,12,19H2,1-2H3. The minimum atomic E-state index is -0.233. The number of para-hydroxylation sites is 1. The van der Waals surface area contributed by atoms with Gasteiger partial charge < -0.3 is 15.4 Å². The number of nitrogens with zero attached hydrogens (tertiary/aromatic N) is 1. The van der Waals surface area contributed by atoms with E-state index in [4.69, 9.17) is 10.5 Å². The van der Waals surface area contributed by atoms with E-state index in [1.54, 1.807) is 7.11 Å². The van der Waals surface area contributed by atoms with Crippen molar-refractivity contribution >= 4 is 5.69 Å². The Morgan fingerprint density at radius 1 is 1.19 bits per heavy atom. The third-order valence-corrected chi connectivity index (χ3v) is 3.42. The summed E-state index contributed by atoms with van der Waals surface area (Å²) < 4.78 is 19.1. The van der Waals surface area contributed by atoms with E-state index in [0.29, 0.717) is 19.5 Å². The minimum absolute atomic E-state index is 0.233. The predicted molar refractivity (Wildman–Crippen MR) is 84.3 cm³/mol. The van der Waals surface area contributed by atoms with Crippen molar-refractivity contribution in [3.05, 3.63) is 59.4 Å². The average molecular weight is 288 g/mol. The summed E-state index contributed by atoms with van der Waals surface area (Å²) in [5.41, 5.74) is 8.36. The molecule has 0 saturated carbocycles. The van der Waals surface area contributed by atoms with Crippen molar-refractivity contribution in [1.82, 2.24) is 0 Å². The molecule has 0 amide bonds. The first-order valence-electron chi connectivity index (χ1n) is 6.96. The summed E-state index contributed by atoms with van der Waals surface area (Å²) >= 11 is 0. The van der Waals surface area contributed by atoms with Gasteiger partial charge in [-0.2, -0.15) is 0 Å². The van der Waals surface area contributed by atoms with E-state index in [0.717, 1.165) is 22.6 Å². The van der Waals surface area contributed by atoms with Gasteiger partial charge in [-0.05, 0) is 42.8 Å². The van der Waals surface area contributed by atoms with Gasteiger partial charge in [0.1, 0.15) is 11.6 Å². The molecular formula is C17H21FN2O. The van der Waals surface area contributed by atoms with Crippen molar-refractivity contribution in [3.63, 3.8) is 0 Å². The largest absolute Gasteiger partial charge is 0.496 e. The van der Waals surface area contributed by atoms with Gasteiger partial charge in [-0.3, -0.25) is 0 Å². The fraction of sp³-hybridized carbons (Fsp3) is 0.294. The number of hydrogen-bond acceptors (Lipinski definition) is 3. The topological polar surface area (TPSA) is 38.5 Å². The SMILES string of the molecule is COc1ccccc1CN(C)c1cc(F)cc(CCN)c1. The summed E-state index contributed by atoms with van der Waals surface area (Å²) in [5, 5.41) is 0. The Hall–Kier alpha value is -2.07. The summed E-state index contributed by atoms with van der Waals surface area (Å²) in [6.45, 7) is 1.16. The maximum atomic E-state index is 13.7. The molecular weight excluding hydrogens is 267 g/mol. The molecule has 0 aliphatic heterocycles. The highest BCUT2D eigenvalue weighted by Gasteiger charge is 2.09. The van der Waals surface area contributed by atoms with Gasteiger partial charge in [0.2, 0.25) is 0 Å². The van der Waals surface area contributed by atoms with Crippen LogP contribution in [0.5, 0.6) is 5.75 Å². The van der Waals surface area contributed by atoms with E-state index in [-0.39, 0.29) is 5.82 Å². The molecule has 2 rings (SSSR count). The molecule has 0 fully saturated rings. The monoisotopic (exact) mass is 288 g/mol. The molecule has 0 saturated heterocycles. The van der Waals surface area contributed by atoms with Crippen LogP contribution in [0, 0.1) is 5.82 Å². The van der Waals surface area contributed by atoms with Crippen LogP contribution in [-0.4, -0.2) is 20.7 Å². The van der Waals surface area contributed by atoms with Crippen molar-refractivity contribution in [1.29, 1.82) is 0 Å². The Bertz CT molecular complexity index is 601. The zero-order valence-electron chi connectivity index (χ0n) is 12.5. The van der Waals surface area contributed by atoms with Crippen molar-refractivity contribution in [3.8, 4) is 5.75 Å². The van der Waals surface area contributed by atoms with Crippen LogP contribution in [0.25, 0.3) is 0 Å². The van der Waals surface area contributed by atoms with Crippen LogP contribution in [0.4, 0.5) is 10.1 Å². The summed E-state index contributed by atoms with van der Waals surface area (Å²) in [6.07, 6.45) is 0.674. The molecule has 112 valence electrons. The van der Waals surface area contributed by atoms with Crippen LogP contribution in [-0.2, 0) is 13.0 Å². The van der Waals surface area contributed by atoms with Gasteiger partial charge in [0.25, 0.3) is 0 Å². The molecule has 0 aliphatic carbocycles. The first-order chi connectivity index (χ1) is 10.1. The molecule has 0 aromatic heterocycles. The third-order valence-electron chi connectivity index (χ3n) is 3.42. The molecule has 0 bridgehead atoms. The first kappa shape index (κ1) is 15.3. The summed E-state index contributed by atoms with van der Waals surface area (Å²) in [6, 6.07) is 12.9. The van der Waals surface area contributed by atoms with Gasteiger partial charge >= 0.3 is 0 Å². The van der Waals surface area contributed by atoms with Crippen LogP contribution in [0.1, 0.15) is 11.1 Å². The fourth-order valence-corrected chi connectivity index (χ4v) is 2.35. The van der Waals surface area contributed by atoms with E-state index < -0.39 is 0 Å². The van der Waals surface area contributed by atoms with Crippen LogP contribution < -0.4 is 15.4 Å². The molecule has 3 nitrogen and oxygen atoms in total. The molecule has 2 aromatic carbocycles. The van der Waals surface area contributed by atoms with Crippen molar-refractivity contribution in [2.75, 3.05) is 25.6 Å². The van der Waals surface area contributed by atoms with E-state index in [1.165, 1.54) is 12.1 Å². The second-order valence-corrected chi connectivity index (χ2v) is 5.02. The molecule has 2 aromatic rings. The van der Waals surface area contributed by atoms with Crippen LogP contribution in [0.3, 0.4) is 0 Å². The molecule has 0 atom stereocenters. The van der Waals surface area contributed by atoms with Crippen LogP contribution in [0.15, 0.2) is 42.5 Å². The van der Waals surface area contributed by atoms with Crippen molar-refractivity contribution < 1.29 is 9.13 Å². The van der Waals surface area contributed by atoms with Gasteiger partial charge in [0.05, 0.1) is 7.11 Å². The smallest absolute Gasteiger partial charge is 0.125 e. The zero-order valence-corrected chi connectivity index (χ0v) is 12.5. The molecule has 21 heavy (non-hydrogen) atoms. The number of anilines is 1. The number of hydrogen-bond donors (Lipinski definition) is 1. The van der Waals surface area contributed by atoms with Gasteiger partial charge in [0.15, 0.2) is 0 Å². The Morgan fingerprint density at radius 2 is 1.95 bits per heavy atom. The second kappa shape index (κ2) is 7.09. The quantitative estimate of drug-likeness (QED) is 0.888. The molecule has 0 aliphatic rings. The Morgan fingerprint density at radius 3 is 2.67 bits per heavy atom. The van der Waals surface area contributed by atoms with E-state index in [1.807, 2.05) is 42.3 Å². The van der Waals surface area contributed by atoms with Crippen LogP contribution in [0.2, 0.25) is 0 Å². The third kappa shape index (κ3) is 3.95. The minimum Gasteiger partial charge on any atom is -0.496 e. The highest BCUT2D eigenvalue weighted by molar-refractivity contribution is 5.50. The number of ether oxygens (including phenoxy) is 1. The maximum absolute atomic E-state index is 13.7. The molecule has 0 heterocycles. The fourth-order valence-electron chi connectivity index (χ4n) is 2.35. The normalized spacial score (nSPS) is 10.5. The summed E-state index contributed by atoms with van der Waals surface area (Å²) in [7, 11) is 3.59. The van der Waals surface area contributed by atoms with Crippen molar-refractivity contribution in [2.24, 2.45) is 5.73 Å². The van der Waals surface area contributed by atoms with Crippen molar-refractivity contribution in [2.45, 2.75) is 13.0 Å². The van der Waals surface area contributed by atoms with E-state index in [9.17, 15) is 4.39 Å². The number of benzene rings is 2. The van der Waals surface area contributed by atoms with Gasteiger partial charge in [-0.15, -0.1) is 0 Å². The predicted octanol–water partition coefficient (Wildman–Crippen LogP) is 2.97. The maximum Gasteiger partial charge on any atom is 0.125 e. The number of methoxy groups -OCH3 is 1. The Labute approximate surface area is 125 Å². The number of halogens is 1. The lowest BCUT2D eigenvalue weighted by Crippen LogP contribution is -2.17. The molecule has 2 N–H and O–H groups in total. The molecule has 0 unspecified atom stereocenters. The lowest BCUT2D eigenvalue weighted by Gasteiger charge is -2.21. The molecule has 4 heteroatoms. The first-order valence-corrected chi connectivity index (χ1v) is 6.96. The van der Waals surface area contributed by atoms with Gasteiger partial charge in [-0.1, -0.05) is 18.2 Å². The lowest BCUT2D eigenvalue weighted by atomic mass is 10.1. The zero-order chi connectivity index (χ0) is 15.2. The van der Waals surface area contributed by atoms with E-state index in [2.05, 4.69) is 0 Å². The number of rotatable bonds is 6. The highest BCUT2D eigenvalue weighted by atomic mass is 19.1. The lowest BCUT2D eigenvalue weighted by molar-refractivity contribution is 0.409. The average Bonchev–Trinajstić information content (AvgIpc) is 2.47. The van der Waals surface area contributed by atoms with Crippen LogP contribution >= 0.6 is 0 Å². The molecule has 0 radical (unpaired) electrons. The van der Waals surface area contributed by atoms with E-state index >= 15 is 0 Å². The highest BCUT2D eigenvalue weighted by Crippen LogP contribution is 2.23. The number of nitrogens with two attached hydrogens (primary N) is 1. The molecule has 0 spiro atoms. The van der Waals surface area contributed by atoms with Gasteiger partial charge in [-0.25, -0.2) is 4.39 Å². The van der Waals surface area contributed by atoms with Gasteiger partial charge in [0, 0.05) is 24.8 Å². The summed E-state index contributed by atoms with van der Waals surface area (Å²) in [5.74, 6) is 0.603. The Kier molecular flexibility index (Phi) is 5.17. The Balaban J connectivity index is 2.21.